The van der Waals surface area contributed by atoms with E-state index in [2.05, 4.69) is 29.3 Å². The van der Waals surface area contributed by atoms with E-state index >= 15 is 0 Å². The number of amides is 1. The van der Waals surface area contributed by atoms with E-state index in [9.17, 15) is 4.79 Å². The molecule has 0 bridgehead atoms. The van der Waals surface area contributed by atoms with E-state index < -0.39 is 0 Å². The Morgan fingerprint density at radius 1 is 1.08 bits per heavy atom. The fourth-order valence-electron chi connectivity index (χ4n) is 2.89. The van der Waals surface area contributed by atoms with Gasteiger partial charge in [-0.1, -0.05) is 37.3 Å². The monoisotopic (exact) mass is 324 g/mol. The summed E-state index contributed by atoms with van der Waals surface area (Å²) in [5.41, 5.74) is 3.08. The predicted octanol–water partition coefficient (Wildman–Crippen LogP) is 3.06. The lowest BCUT2D eigenvalue weighted by molar-refractivity contribution is 0.0951. The van der Waals surface area contributed by atoms with Crippen molar-refractivity contribution < 1.29 is 9.53 Å². The molecule has 0 aliphatic carbocycles. The minimum atomic E-state index is -0.0219. The Morgan fingerprint density at radius 3 is 2.42 bits per heavy atom. The zero-order valence-electron chi connectivity index (χ0n) is 14.1. The van der Waals surface area contributed by atoms with Gasteiger partial charge in [-0.25, -0.2) is 0 Å². The molecule has 0 saturated carbocycles. The molecule has 1 amide bonds. The Morgan fingerprint density at radius 2 is 1.75 bits per heavy atom. The van der Waals surface area contributed by atoms with Gasteiger partial charge in [-0.3, -0.25) is 4.79 Å². The van der Waals surface area contributed by atoms with E-state index in [-0.39, 0.29) is 5.91 Å². The van der Waals surface area contributed by atoms with Gasteiger partial charge in [0.25, 0.3) is 5.91 Å². The third-order valence-corrected chi connectivity index (χ3v) is 4.44. The van der Waals surface area contributed by atoms with Crippen LogP contribution >= 0.6 is 0 Å². The minimum absolute atomic E-state index is 0.0219. The molecular formula is C20H24N2O2. The average molecular weight is 324 g/mol. The molecule has 0 spiro atoms. The molecule has 1 atom stereocenters. The number of ether oxygens (including phenoxy) is 1. The zero-order valence-corrected chi connectivity index (χ0v) is 14.1. The maximum atomic E-state index is 12.3. The van der Waals surface area contributed by atoms with Crippen molar-refractivity contribution in [2.45, 2.75) is 12.8 Å². The summed E-state index contributed by atoms with van der Waals surface area (Å²) in [5.74, 6) is 0.272. The van der Waals surface area contributed by atoms with Crippen molar-refractivity contribution in [1.29, 1.82) is 0 Å². The summed E-state index contributed by atoms with van der Waals surface area (Å²) >= 11 is 0. The maximum Gasteiger partial charge on any atom is 0.251 e. The van der Waals surface area contributed by atoms with Crippen LogP contribution in [0.25, 0.3) is 0 Å². The molecule has 1 unspecified atom stereocenters. The summed E-state index contributed by atoms with van der Waals surface area (Å²) in [6, 6.07) is 18.1. The minimum Gasteiger partial charge on any atom is -0.378 e. The summed E-state index contributed by atoms with van der Waals surface area (Å²) < 4.78 is 5.37. The maximum absolute atomic E-state index is 12.3. The van der Waals surface area contributed by atoms with E-state index in [1.807, 2.05) is 42.5 Å². The Labute approximate surface area is 143 Å². The first-order valence-corrected chi connectivity index (χ1v) is 8.50. The largest absolute Gasteiger partial charge is 0.378 e. The Balaban J connectivity index is 1.55. The highest BCUT2D eigenvalue weighted by atomic mass is 16.5. The fraction of sp³-hybridized carbons (Fsp3) is 0.350. The average Bonchev–Trinajstić information content (AvgIpc) is 2.67. The molecule has 4 heteroatoms. The van der Waals surface area contributed by atoms with E-state index in [1.165, 1.54) is 5.56 Å². The highest BCUT2D eigenvalue weighted by molar-refractivity contribution is 5.94. The van der Waals surface area contributed by atoms with Gasteiger partial charge in [0, 0.05) is 30.9 Å². The molecule has 2 aromatic rings. The molecule has 1 heterocycles. The molecule has 126 valence electrons. The molecular weight excluding hydrogens is 300 g/mol. The quantitative estimate of drug-likeness (QED) is 0.919. The molecule has 1 aliphatic heterocycles. The van der Waals surface area contributed by atoms with E-state index in [4.69, 9.17) is 4.74 Å². The van der Waals surface area contributed by atoms with Gasteiger partial charge in [-0.15, -0.1) is 0 Å². The number of carbonyl (C=O) groups is 1. The van der Waals surface area contributed by atoms with Crippen molar-refractivity contribution in [3.8, 4) is 0 Å². The fourth-order valence-corrected chi connectivity index (χ4v) is 2.89. The summed E-state index contributed by atoms with van der Waals surface area (Å²) in [6.45, 7) is 6.09. The van der Waals surface area contributed by atoms with Crippen LogP contribution in [0.1, 0.15) is 28.8 Å². The third-order valence-electron chi connectivity index (χ3n) is 4.44. The van der Waals surface area contributed by atoms with Crippen molar-refractivity contribution in [2.75, 3.05) is 37.7 Å². The molecule has 1 aliphatic rings. The van der Waals surface area contributed by atoms with Crippen molar-refractivity contribution >= 4 is 11.6 Å². The van der Waals surface area contributed by atoms with Crippen LogP contribution in [0.15, 0.2) is 54.6 Å². The molecule has 4 nitrogen and oxygen atoms in total. The van der Waals surface area contributed by atoms with Crippen LogP contribution in [0.3, 0.4) is 0 Å². The van der Waals surface area contributed by atoms with Gasteiger partial charge >= 0.3 is 0 Å². The second-order valence-electron chi connectivity index (χ2n) is 6.17. The van der Waals surface area contributed by atoms with E-state index in [1.54, 1.807) is 0 Å². The lowest BCUT2D eigenvalue weighted by Gasteiger charge is -2.28. The Kier molecular flexibility index (Phi) is 5.49. The third kappa shape index (κ3) is 4.15. The number of rotatable bonds is 5. The van der Waals surface area contributed by atoms with Gasteiger partial charge in [0.15, 0.2) is 0 Å². The predicted molar refractivity (Wildman–Crippen MR) is 96.7 cm³/mol. The molecule has 3 rings (SSSR count). The summed E-state index contributed by atoms with van der Waals surface area (Å²) in [4.78, 5) is 14.6. The van der Waals surface area contributed by atoms with Gasteiger partial charge in [-0.2, -0.15) is 0 Å². The smallest absolute Gasteiger partial charge is 0.251 e. The standard InChI is InChI=1S/C20H24N2O2/c1-16(17-5-3-2-4-6-17)15-21-20(23)18-7-9-19(10-8-18)22-11-13-24-14-12-22/h2-10,16H,11-15H2,1H3,(H,21,23). The van der Waals surface area contributed by atoms with Crippen LogP contribution < -0.4 is 10.2 Å². The van der Waals surface area contributed by atoms with Crippen molar-refractivity contribution in [1.82, 2.24) is 5.32 Å². The molecule has 0 radical (unpaired) electrons. The molecule has 0 aromatic heterocycles. The second kappa shape index (κ2) is 7.97. The van der Waals surface area contributed by atoms with E-state index in [0.717, 1.165) is 32.0 Å². The summed E-state index contributed by atoms with van der Waals surface area (Å²) in [7, 11) is 0. The first-order valence-electron chi connectivity index (χ1n) is 8.50. The van der Waals surface area contributed by atoms with E-state index in [0.29, 0.717) is 18.0 Å². The van der Waals surface area contributed by atoms with Crippen molar-refractivity contribution in [2.24, 2.45) is 0 Å². The first kappa shape index (κ1) is 16.5. The number of anilines is 1. The number of hydrogen-bond acceptors (Lipinski definition) is 3. The molecule has 1 N–H and O–H groups in total. The number of morpholine rings is 1. The molecule has 2 aromatic carbocycles. The number of nitrogens with zero attached hydrogens (tertiary/aromatic N) is 1. The van der Waals surface area contributed by atoms with Gasteiger partial charge in [0.1, 0.15) is 0 Å². The normalized spacial score (nSPS) is 15.8. The first-order chi connectivity index (χ1) is 11.7. The Hall–Kier alpha value is -2.33. The van der Waals surface area contributed by atoms with Crippen LogP contribution in [0.4, 0.5) is 5.69 Å². The molecule has 1 saturated heterocycles. The second-order valence-corrected chi connectivity index (χ2v) is 6.17. The van der Waals surface area contributed by atoms with Crippen LogP contribution in [0.2, 0.25) is 0 Å². The van der Waals surface area contributed by atoms with Gasteiger partial charge in [0.2, 0.25) is 0 Å². The van der Waals surface area contributed by atoms with Crippen molar-refractivity contribution in [3.05, 3.63) is 65.7 Å². The molecule has 1 fully saturated rings. The van der Waals surface area contributed by atoms with Crippen LogP contribution in [-0.4, -0.2) is 38.8 Å². The van der Waals surface area contributed by atoms with Crippen LogP contribution in [0.5, 0.6) is 0 Å². The number of nitrogens with one attached hydrogen (secondary N) is 1. The topological polar surface area (TPSA) is 41.6 Å². The van der Waals surface area contributed by atoms with Gasteiger partial charge < -0.3 is 15.0 Å². The zero-order chi connectivity index (χ0) is 16.8. The van der Waals surface area contributed by atoms with Crippen LogP contribution in [-0.2, 0) is 4.74 Å². The number of carbonyl (C=O) groups excluding carboxylic acids is 1. The summed E-state index contributed by atoms with van der Waals surface area (Å²) in [5, 5.41) is 3.02. The highest BCUT2D eigenvalue weighted by Crippen LogP contribution is 2.17. The number of benzene rings is 2. The lowest BCUT2D eigenvalue weighted by Crippen LogP contribution is -2.36. The SMILES string of the molecule is CC(CNC(=O)c1ccc(N2CCOCC2)cc1)c1ccccc1. The Bertz CT molecular complexity index is 649. The molecule has 24 heavy (non-hydrogen) atoms. The lowest BCUT2D eigenvalue weighted by atomic mass is 10.0. The van der Waals surface area contributed by atoms with Crippen LogP contribution in [0, 0.1) is 0 Å². The van der Waals surface area contributed by atoms with Crippen molar-refractivity contribution in [3.63, 3.8) is 0 Å². The highest BCUT2D eigenvalue weighted by Gasteiger charge is 2.13. The van der Waals surface area contributed by atoms with Gasteiger partial charge in [-0.05, 0) is 35.7 Å². The number of hydrogen-bond donors (Lipinski definition) is 1. The van der Waals surface area contributed by atoms with Gasteiger partial charge in [0.05, 0.1) is 13.2 Å². The summed E-state index contributed by atoms with van der Waals surface area (Å²) in [6.07, 6.45) is 0.